The van der Waals surface area contributed by atoms with Crippen LogP contribution in [0.15, 0.2) is 72.8 Å². The van der Waals surface area contributed by atoms with Gasteiger partial charge in [-0.3, -0.25) is 9.59 Å². The Labute approximate surface area is 163 Å². The first-order valence-corrected chi connectivity index (χ1v) is 8.80. The molecule has 2 amide bonds. The number of rotatable bonds is 5. The van der Waals surface area contributed by atoms with Crippen molar-refractivity contribution >= 4 is 17.5 Å². The average Bonchev–Trinajstić information content (AvgIpc) is 2.73. The van der Waals surface area contributed by atoms with Crippen molar-refractivity contribution < 1.29 is 9.59 Å². The molecule has 0 aliphatic heterocycles. The minimum Gasteiger partial charge on any atom is -0.348 e. The molecule has 0 saturated carbocycles. The molecule has 28 heavy (non-hydrogen) atoms. The normalized spacial score (nSPS) is 10.0. The van der Waals surface area contributed by atoms with Crippen LogP contribution in [0.25, 0.3) is 0 Å². The molecule has 0 fully saturated rings. The van der Waals surface area contributed by atoms with Crippen LogP contribution in [0, 0.1) is 18.3 Å². The molecular weight excluding hydrogens is 350 g/mol. The molecule has 5 nitrogen and oxygen atoms in total. The number of hydrogen-bond donors (Lipinski definition) is 2. The lowest BCUT2D eigenvalue weighted by Gasteiger charge is -2.09. The smallest absolute Gasteiger partial charge is 0.255 e. The maximum atomic E-state index is 12.5. The molecule has 5 heteroatoms. The zero-order valence-electron chi connectivity index (χ0n) is 15.4. The van der Waals surface area contributed by atoms with E-state index < -0.39 is 0 Å². The summed E-state index contributed by atoms with van der Waals surface area (Å²) in [6.45, 7) is 2.42. The van der Waals surface area contributed by atoms with Crippen molar-refractivity contribution in [3.63, 3.8) is 0 Å². The van der Waals surface area contributed by atoms with Gasteiger partial charge in [-0.25, -0.2) is 0 Å². The second kappa shape index (κ2) is 8.65. The topological polar surface area (TPSA) is 82.0 Å². The molecule has 0 unspecified atom stereocenters. The summed E-state index contributed by atoms with van der Waals surface area (Å²) in [4.78, 5) is 24.9. The highest BCUT2D eigenvalue weighted by molar-refractivity contribution is 6.06. The van der Waals surface area contributed by atoms with Crippen molar-refractivity contribution in [3.05, 3.63) is 101 Å². The summed E-state index contributed by atoms with van der Waals surface area (Å²) in [7, 11) is 0. The van der Waals surface area contributed by atoms with E-state index in [4.69, 9.17) is 5.26 Å². The summed E-state index contributed by atoms with van der Waals surface area (Å²) in [5.74, 6) is -0.593. The molecule has 0 radical (unpaired) electrons. The van der Waals surface area contributed by atoms with Gasteiger partial charge in [0.25, 0.3) is 11.8 Å². The highest BCUT2D eigenvalue weighted by Crippen LogP contribution is 2.13. The lowest BCUT2D eigenvalue weighted by Crippen LogP contribution is -2.23. The highest BCUT2D eigenvalue weighted by Gasteiger charge is 2.11. The first kappa shape index (κ1) is 18.9. The number of nitrogens with one attached hydrogen (secondary N) is 2. The Balaban J connectivity index is 1.66. The molecule has 0 aliphatic rings. The highest BCUT2D eigenvalue weighted by atomic mass is 16.2. The van der Waals surface area contributed by atoms with Crippen molar-refractivity contribution in [1.29, 1.82) is 5.26 Å². The van der Waals surface area contributed by atoms with Gasteiger partial charge in [0.05, 0.1) is 11.6 Å². The van der Waals surface area contributed by atoms with E-state index in [1.54, 1.807) is 48.5 Å². The molecule has 3 aromatic carbocycles. The number of carbonyl (C=O) groups excluding carboxylic acids is 2. The summed E-state index contributed by atoms with van der Waals surface area (Å²) < 4.78 is 0. The molecule has 0 saturated heterocycles. The summed E-state index contributed by atoms with van der Waals surface area (Å²) in [6, 6.07) is 23.1. The fourth-order valence-electron chi connectivity index (χ4n) is 2.66. The van der Waals surface area contributed by atoms with E-state index in [1.165, 1.54) is 0 Å². The van der Waals surface area contributed by atoms with Gasteiger partial charge < -0.3 is 10.6 Å². The summed E-state index contributed by atoms with van der Waals surface area (Å²) >= 11 is 0. The molecule has 138 valence electrons. The molecular formula is C23H19N3O2. The Kier molecular flexibility index (Phi) is 5.83. The monoisotopic (exact) mass is 369 g/mol. The zero-order chi connectivity index (χ0) is 19.9. The third-order valence-corrected chi connectivity index (χ3v) is 4.21. The van der Waals surface area contributed by atoms with Crippen molar-refractivity contribution in [1.82, 2.24) is 5.32 Å². The third kappa shape index (κ3) is 4.83. The van der Waals surface area contributed by atoms with E-state index in [0.29, 0.717) is 28.9 Å². The van der Waals surface area contributed by atoms with E-state index in [0.717, 1.165) is 11.1 Å². The number of benzene rings is 3. The van der Waals surface area contributed by atoms with Crippen LogP contribution in [-0.4, -0.2) is 11.8 Å². The predicted octanol–water partition coefficient (Wildman–Crippen LogP) is 4.05. The molecule has 3 rings (SSSR count). The fourth-order valence-corrected chi connectivity index (χ4v) is 2.66. The van der Waals surface area contributed by atoms with Crippen LogP contribution in [0.4, 0.5) is 5.69 Å². The lowest BCUT2D eigenvalue weighted by atomic mass is 10.1. The van der Waals surface area contributed by atoms with Gasteiger partial charge in [0.1, 0.15) is 0 Å². The van der Waals surface area contributed by atoms with Gasteiger partial charge in [0.15, 0.2) is 0 Å². The zero-order valence-corrected chi connectivity index (χ0v) is 15.4. The second-order valence-electron chi connectivity index (χ2n) is 6.40. The van der Waals surface area contributed by atoms with Crippen molar-refractivity contribution in [2.24, 2.45) is 0 Å². The van der Waals surface area contributed by atoms with Gasteiger partial charge in [0, 0.05) is 23.4 Å². The van der Waals surface area contributed by atoms with Crippen LogP contribution < -0.4 is 10.6 Å². The number of hydrogen-bond acceptors (Lipinski definition) is 3. The molecule has 0 atom stereocenters. The van der Waals surface area contributed by atoms with E-state index in [-0.39, 0.29) is 11.8 Å². The molecule has 2 N–H and O–H groups in total. The molecule has 0 bridgehead atoms. The van der Waals surface area contributed by atoms with Gasteiger partial charge in [-0.05, 0) is 48.9 Å². The molecule has 0 aliphatic carbocycles. The molecule has 0 heterocycles. The first-order chi connectivity index (χ1) is 13.5. The maximum Gasteiger partial charge on any atom is 0.255 e. The van der Waals surface area contributed by atoms with Crippen LogP contribution in [0.5, 0.6) is 0 Å². The number of aryl methyl sites for hydroxylation is 1. The molecule has 0 spiro atoms. The standard InChI is InChI=1S/C23H19N3O2/c1-16-8-10-17(11-9-16)15-25-22(27)19-5-3-6-20(13-19)23(28)26-21-7-2-4-18(12-21)14-24/h2-13H,15H2,1H3,(H,25,27)(H,26,28). The minimum absolute atomic E-state index is 0.248. The average molecular weight is 369 g/mol. The Hall–Kier alpha value is -3.91. The Bertz CT molecular complexity index is 1050. The van der Waals surface area contributed by atoms with E-state index in [9.17, 15) is 9.59 Å². The summed E-state index contributed by atoms with van der Waals surface area (Å²) in [5.41, 5.74) is 3.93. The molecule has 0 aromatic heterocycles. The number of amides is 2. The predicted molar refractivity (Wildman–Crippen MR) is 108 cm³/mol. The van der Waals surface area contributed by atoms with Gasteiger partial charge in [-0.1, -0.05) is 42.0 Å². The van der Waals surface area contributed by atoms with Crippen LogP contribution in [0.3, 0.4) is 0 Å². The van der Waals surface area contributed by atoms with Gasteiger partial charge in [0.2, 0.25) is 0 Å². The number of carbonyl (C=O) groups is 2. The van der Waals surface area contributed by atoms with Gasteiger partial charge in [-0.2, -0.15) is 5.26 Å². The van der Waals surface area contributed by atoms with Crippen LogP contribution in [-0.2, 0) is 6.54 Å². The summed E-state index contributed by atoms with van der Waals surface area (Å²) in [5, 5.41) is 14.5. The van der Waals surface area contributed by atoms with Crippen LogP contribution in [0.2, 0.25) is 0 Å². The minimum atomic E-state index is -0.344. The summed E-state index contributed by atoms with van der Waals surface area (Å²) in [6.07, 6.45) is 0. The van der Waals surface area contributed by atoms with Crippen LogP contribution >= 0.6 is 0 Å². The number of nitrogens with zero attached hydrogens (tertiary/aromatic N) is 1. The van der Waals surface area contributed by atoms with Crippen molar-refractivity contribution in [2.45, 2.75) is 13.5 Å². The number of anilines is 1. The molecule has 3 aromatic rings. The maximum absolute atomic E-state index is 12.5. The van der Waals surface area contributed by atoms with Gasteiger partial charge in [-0.15, -0.1) is 0 Å². The largest absolute Gasteiger partial charge is 0.348 e. The van der Waals surface area contributed by atoms with E-state index >= 15 is 0 Å². The van der Waals surface area contributed by atoms with Crippen molar-refractivity contribution in [2.75, 3.05) is 5.32 Å². The Morgan fingerprint density at radius 3 is 2.29 bits per heavy atom. The quantitative estimate of drug-likeness (QED) is 0.712. The SMILES string of the molecule is Cc1ccc(CNC(=O)c2cccc(C(=O)Nc3cccc(C#N)c3)c2)cc1. The van der Waals surface area contributed by atoms with Crippen molar-refractivity contribution in [3.8, 4) is 6.07 Å². The van der Waals surface area contributed by atoms with Gasteiger partial charge >= 0.3 is 0 Å². The number of nitriles is 1. The lowest BCUT2D eigenvalue weighted by molar-refractivity contribution is 0.0951. The van der Waals surface area contributed by atoms with E-state index in [1.807, 2.05) is 37.3 Å². The third-order valence-electron chi connectivity index (χ3n) is 4.21. The Morgan fingerprint density at radius 2 is 1.57 bits per heavy atom. The fraction of sp³-hybridized carbons (Fsp3) is 0.0870. The van der Waals surface area contributed by atoms with E-state index in [2.05, 4.69) is 10.6 Å². The first-order valence-electron chi connectivity index (χ1n) is 8.80. The van der Waals surface area contributed by atoms with Crippen LogP contribution in [0.1, 0.15) is 37.4 Å². The Morgan fingerprint density at radius 1 is 0.893 bits per heavy atom. The second-order valence-corrected chi connectivity index (χ2v) is 6.40.